The van der Waals surface area contributed by atoms with E-state index >= 15 is 0 Å². The summed E-state index contributed by atoms with van der Waals surface area (Å²) in [5.41, 5.74) is 4.48. The summed E-state index contributed by atoms with van der Waals surface area (Å²) in [7, 11) is 4.87. The number of methoxy groups -OCH3 is 3. The Hall–Kier alpha value is -2.40. The van der Waals surface area contributed by atoms with Crippen LogP contribution in [0, 0.1) is 11.8 Å². The van der Waals surface area contributed by atoms with Crippen LogP contribution in [0.15, 0.2) is 24.3 Å². The predicted molar refractivity (Wildman–Crippen MR) is 98.4 cm³/mol. The average Bonchev–Trinajstić information content (AvgIpc) is 3.07. The van der Waals surface area contributed by atoms with Crippen molar-refractivity contribution in [3.05, 3.63) is 35.4 Å². The van der Waals surface area contributed by atoms with Crippen LogP contribution in [0.5, 0.6) is 23.0 Å². The molecule has 1 heterocycles. The minimum atomic E-state index is 0.171. The minimum Gasteiger partial charge on any atom is -0.504 e. The first-order valence-electron chi connectivity index (χ1n) is 8.87. The van der Waals surface area contributed by atoms with Crippen molar-refractivity contribution < 1.29 is 24.1 Å². The SMILES string of the molecule is COc1cc2c(cc1O)C[C@H]1COC[C@@H]1Cc1cc(OC)c(OC)cc1-2. The third kappa shape index (κ3) is 2.76. The molecule has 2 aromatic rings. The summed E-state index contributed by atoms with van der Waals surface area (Å²) in [4.78, 5) is 0. The number of phenols is 1. The van der Waals surface area contributed by atoms with Gasteiger partial charge in [0.05, 0.1) is 34.5 Å². The van der Waals surface area contributed by atoms with E-state index in [-0.39, 0.29) is 5.75 Å². The molecule has 0 bridgehead atoms. The van der Waals surface area contributed by atoms with Gasteiger partial charge in [0, 0.05) is 0 Å². The summed E-state index contributed by atoms with van der Waals surface area (Å²) in [5.74, 6) is 2.99. The van der Waals surface area contributed by atoms with Gasteiger partial charge in [-0.2, -0.15) is 0 Å². The Labute approximate surface area is 153 Å². The molecule has 2 aromatic carbocycles. The van der Waals surface area contributed by atoms with Crippen molar-refractivity contribution in [3.8, 4) is 34.1 Å². The molecular formula is C21H24O5. The quantitative estimate of drug-likeness (QED) is 0.913. The lowest BCUT2D eigenvalue weighted by atomic mass is 9.78. The highest BCUT2D eigenvalue weighted by atomic mass is 16.5. The Morgan fingerprint density at radius 3 is 1.85 bits per heavy atom. The van der Waals surface area contributed by atoms with Crippen LogP contribution in [-0.4, -0.2) is 39.6 Å². The van der Waals surface area contributed by atoms with Gasteiger partial charge in [0.25, 0.3) is 0 Å². The number of phenolic OH excluding ortho intramolecular Hbond substituents is 1. The van der Waals surface area contributed by atoms with Gasteiger partial charge in [-0.1, -0.05) is 0 Å². The van der Waals surface area contributed by atoms with Crippen LogP contribution in [-0.2, 0) is 17.6 Å². The molecule has 4 rings (SSSR count). The van der Waals surface area contributed by atoms with Gasteiger partial charge < -0.3 is 24.1 Å². The normalized spacial score (nSPS) is 21.0. The van der Waals surface area contributed by atoms with Crippen molar-refractivity contribution in [3.63, 3.8) is 0 Å². The van der Waals surface area contributed by atoms with E-state index in [0.717, 1.165) is 48.5 Å². The summed E-state index contributed by atoms with van der Waals surface area (Å²) in [6.45, 7) is 1.54. The van der Waals surface area contributed by atoms with Crippen LogP contribution >= 0.6 is 0 Å². The Kier molecular flexibility index (Phi) is 4.41. The summed E-state index contributed by atoms with van der Waals surface area (Å²) >= 11 is 0. The molecule has 26 heavy (non-hydrogen) atoms. The Balaban J connectivity index is 1.96. The van der Waals surface area contributed by atoms with E-state index in [0.29, 0.717) is 23.3 Å². The summed E-state index contributed by atoms with van der Waals surface area (Å²) in [5, 5.41) is 10.3. The van der Waals surface area contributed by atoms with E-state index in [1.807, 2.05) is 18.2 Å². The highest BCUT2D eigenvalue weighted by Gasteiger charge is 2.33. The largest absolute Gasteiger partial charge is 0.504 e. The van der Waals surface area contributed by atoms with Crippen molar-refractivity contribution in [2.24, 2.45) is 11.8 Å². The molecule has 138 valence electrons. The molecule has 0 saturated carbocycles. The Morgan fingerprint density at radius 2 is 1.27 bits per heavy atom. The van der Waals surface area contributed by atoms with E-state index in [4.69, 9.17) is 18.9 Å². The maximum Gasteiger partial charge on any atom is 0.161 e. The maximum absolute atomic E-state index is 10.3. The molecule has 1 fully saturated rings. The monoisotopic (exact) mass is 356 g/mol. The standard InChI is InChI=1S/C21H24O5/c1-23-19-8-16-12(6-18(19)22)4-14-10-26-11-15(14)5-13-7-20(24-2)21(25-3)9-17(13)16/h6-9,14-15,22H,4-5,10-11H2,1-3H3/t14-,15-/m0/s1. The van der Waals surface area contributed by atoms with E-state index in [2.05, 4.69) is 6.07 Å². The second-order valence-electron chi connectivity index (χ2n) is 7.01. The predicted octanol–water partition coefficient (Wildman–Crippen LogP) is 3.45. The van der Waals surface area contributed by atoms with Gasteiger partial charge >= 0.3 is 0 Å². The van der Waals surface area contributed by atoms with Crippen LogP contribution in [0.1, 0.15) is 11.1 Å². The first-order chi connectivity index (χ1) is 12.6. The molecule has 2 aliphatic rings. The second kappa shape index (κ2) is 6.72. The van der Waals surface area contributed by atoms with E-state index in [9.17, 15) is 5.11 Å². The maximum atomic E-state index is 10.3. The molecule has 0 amide bonds. The fraction of sp³-hybridized carbons (Fsp3) is 0.429. The lowest BCUT2D eigenvalue weighted by Gasteiger charge is -2.26. The van der Waals surface area contributed by atoms with Gasteiger partial charge in [-0.05, 0) is 71.2 Å². The Bertz CT molecular complexity index is 830. The van der Waals surface area contributed by atoms with Crippen molar-refractivity contribution in [1.29, 1.82) is 0 Å². The van der Waals surface area contributed by atoms with Crippen molar-refractivity contribution >= 4 is 0 Å². The minimum absolute atomic E-state index is 0.171. The molecule has 5 heteroatoms. The number of hydrogen-bond donors (Lipinski definition) is 1. The molecule has 2 atom stereocenters. The lowest BCUT2D eigenvalue weighted by molar-refractivity contribution is 0.180. The van der Waals surface area contributed by atoms with Crippen LogP contribution < -0.4 is 14.2 Å². The summed E-state index contributed by atoms with van der Waals surface area (Å²) < 4.78 is 22.2. The number of benzene rings is 2. The zero-order chi connectivity index (χ0) is 18.3. The molecular weight excluding hydrogens is 332 g/mol. The van der Waals surface area contributed by atoms with Gasteiger partial charge in [-0.25, -0.2) is 0 Å². The third-order valence-electron chi connectivity index (χ3n) is 5.60. The lowest BCUT2D eigenvalue weighted by Crippen LogP contribution is -2.20. The second-order valence-corrected chi connectivity index (χ2v) is 7.01. The molecule has 1 N–H and O–H groups in total. The molecule has 1 aliphatic heterocycles. The fourth-order valence-corrected chi connectivity index (χ4v) is 4.19. The molecule has 1 saturated heterocycles. The third-order valence-corrected chi connectivity index (χ3v) is 5.60. The van der Waals surface area contributed by atoms with Crippen molar-refractivity contribution in [1.82, 2.24) is 0 Å². The van der Waals surface area contributed by atoms with E-state index in [1.54, 1.807) is 21.3 Å². The highest BCUT2D eigenvalue weighted by molar-refractivity contribution is 5.77. The summed E-state index contributed by atoms with van der Waals surface area (Å²) in [6.07, 6.45) is 1.81. The van der Waals surface area contributed by atoms with Crippen LogP contribution in [0.25, 0.3) is 11.1 Å². The van der Waals surface area contributed by atoms with E-state index < -0.39 is 0 Å². The van der Waals surface area contributed by atoms with Crippen molar-refractivity contribution in [2.75, 3.05) is 34.5 Å². The first-order valence-corrected chi connectivity index (χ1v) is 8.87. The molecule has 0 radical (unpaired) electrons. The van der Waals surface area contributed by atoms with Gasteiger partial charge in [-0.15, -0.1) is 0 Å². The molecule has 0 unspecified atom stereocenters. The van der Waals surface area contributed by atoms with Crippen LogP contribution in [0.4, 0.5) is 0 Å². The van der Waals surface area contributed by atoms with Crippen molar-refractivity contribution in [2.45, 2.75) is 12.8 Å². The van der Waals surface area contributed by atoms with Crippen LogP contribution in [0.2, 0.25) is 0 Å². The number of ether oxygens (including phenoxy) is 4. The number of rotatable bonds is 3. The van der Waals surface area contributed by atoms with E-state index in [1.165, 1.54) is 5.56 Å². The first kappa shape index (κ1) is 17.0. The zero-order valence-electron chi connectivity index (χ0n) is 15.4. The molecule has 0 aromatic heterocycles. The van der Waals surface area contributed by atoms with Gasteiger partial charge in [0.15, 0.2) is 23.0 Å². The van der Waals surface area contributed by atoms with Gasteiger partial charge in [0.2, 0.25) is 0 Å². The highest BCUT2D eigenvalue weighted by Crippen LogP contribution is 2.45. The smallest absolute Gasteiger partial charge is 0.161 e. The fourth-order valence-electron chi connectivity index (χ4n) is 4.19. The molecule has 5 nitrogen and oxygen atoms in total. The van der Waals surface area contributed by atoms with Gasteiger partial charge in [-0.3, -0.25) is 0 Å². The molecule has 1 aliphatic carbocycles. The number of fused-ring (bicyclic) bond motifs is 4. The number of hydrogen-bond acceptors (Lipinski definition) is 5. The van der Waals surface area contributed by atoms with Crippen LogP contribution in [0.3, 0.4) is 0 Å². The average molecular weight is 356 g/mol. The Morgan fingerprint density at radius 1 is 0.769 bits per heavy atom. The zero-order valence-corrected chi connectivity index (χ0v) is 15.4. The van der Waals surface area contributed by atoms with Gasteiger partial charge in [0.1, 0.15) is 0 Å². The molecule has 0 spiro atoms. The summed E-state index contributed by atoms with van der Waals surface area (Å²) in [6, 6.07) is 7.85. The number of aromatic hydroxyl groups is 1. The topological polar surface area (TPSA) is 57.2 Å².